The second-order valence-corrected chi connectivity index (χ2v) is 6.04. The lowest BCUT2D eigenvalue weighted by Gasteiger charge is -2.20. The number of carbonyl (C=O) groups is 1. The van der Waals surface area contributed by atoms with E-state index in [1.807, 2.05) is 25.6 Å². The second kappa shape index (κ2) is 5.78. The maximum Gasteiger partial charge on any atom is 0.268 e. The fourth-order valence-corrected chi connectivity index (χ4v) is 3.13. The average Bonchev–Trinajstić information content (AvgIpc) is 3.13. The molecule has 1 saturated heterocycles. The number of ether oxygens (including phenoxy) is 1. The van der Waals surface area contributed by atoms with Gasteiger partial charge in [0.25, 0.3) is 5.91 Å². The van der Waals surface area contributed by atoms with E-state index in [1.54, 1.807) is 12.3 Å². The van der Waals surface area contributed by atoms with Gasteiger partial charge in [-0.25, -0.2) is 0 Å². The smallest absolute Gasteiger partial charge is 0.268 e. The van der Waals surface area contributed by atoms with Crippen molar-refractivity contribution < 1.29 is 9.53 Å². The largest absolute Gasteiger partial charge is 0.371 e. The molecule has 1 aliphatic rings. The molecule has 2 aromatic rings. The Morgan fingerprint density at radius 2 is 2.32 bits per heavy atom. The molecule has 2 atom stereocenters. The van der Waals surface area contributed by atoms with Crippen LogP contribution in [0.1, 0.15) is 40.0 Å². The Labute approximate surface area is 133 Å². The summed E-state index contributed by atoms with van der Waals surface area (Å²) in [6.07, 6.45) is 2.20. The molecule has 0 radical (unpaired) electrons. The molecule has 2 aromatic heterocycles. The molecule has 0 unspecified atom stereocenters. The number of aryl methyl sites for hydroxylation is 2. The van der Waals surface area contributed by atoms with Crippen molar-refractivity contribution in [2.75, 3.05) is 6.61 Å². The third-order valence-corrected chi connectivity index (χ3v) is 4.37. The van der Waals surface area contributed by atoms with Crippen LogP contribution in [-0.4, -0.2) is 33.3 Å². The van der Waals surface area contributed by atoms with Crippen LogP contribution in [0.3, 0.4) is 0 Å². The number of aromatic nitrogens is 3. The lowest BCUT2D eigenvalue weighted by Crippen LogP contribution is -2.37. The highest BCUT2D eigenvalue weighted by Gasteiger charge is 2.34. The normalized spacial score (nSPS) is 21.3. The van der Waals surface area contributed by atoms with Gasteiger partial charge in [0.15, 0.2) is 0 Å². The van der Waals surface area contributed by atoms with Crippen molar-refractivity contribution >= 4 is 17.5 Å². The molecule has 7 heteroatoms. The number of amides is 1. The van der Waals surface area contributed by atoms with E-state index in [0.29, 0.717) is 17.3 Å². The van der Waals surface area contributed by atoms with Gasteiger partial charge < -0.3 is 15.0 Å². The molecule has 6 nitrogen and oxygen atoms in total. The molecule has 2 N–H and O–H groups in total. The number of nitrogens with one attached hydrogen (secondary N) is 2. The van der Waals surface area contributed by atoms with E-state index in [2.05, 4.69) is 15.4 Å². The lowest BCUT2D eigenvalue weighted by molar-refractivity contribution is 0.0814. The second-order valence-electron chi connectivity index (χ2n) is 5.60. The lowest BCUT2D eigenvalue weighted by atomic mass is 10.00. The highest BCUT2D eigenvalue weighted by molar-refractivity contribution is 6.30. The van der Waals surface area contributed by atoms with Crippen LogP contribution >= 0.6 is 11.6 Å². The Morgan fingerprint density at radius 1 is 1.55 bits per heavy atom. The van der Waals surface area contributed by atoms with Gasteiger partial charge in [-0.15, -0.1) is 0 Å². The molecule has 1 aliphatic heterocycles. The van der Waals surface area contributed by atoms with Crippen LogP contribution in [0.25, 0.3) is 0 Å². The van der Waals surface area contributed by atoms with Gasteiger partial charge >= 0.3 is 0 Å². The minimum absolute atomic E-state index is 0.0730. The fraction of sp³-hybridized carbons (Fsp3) is 0.467. The number of carbonyl (C=O) groups excluding carboxylic acids is 1. The van der Waals surface area contributed by atoms with E-state index < -0.39 is 0 Å². The van der Waals surface area contributed by atoms with E-state index >= 15 is 0 Å². The maximum absolute atomic E-state index is 12.3. The maximum atomic E-state index is 12.3. The standard InChI is InChI=1S/C15H19ClN4O2/c1-8-13(9(2)20(3)19-8)14-11(4-5-22-14)18-15(21)12-6-10(16)7-17-12/h6-7,11,14,17H,4-5H2,1-3H3,(H,18,21)/t11-,14-/m0/s1. The highest BCUT2D eigenvalue weighted by Crippen LogP contribution is 2.33. The zero-order chi connectivity index (χ0) is 15.9. The number of hydrogen-bond donors (Lipinski definition) is 2. The summed E-state index contributed by atoms with van der Waals surface area (Å²) < 4.78 is 7.71. The Balaban J connectivity index is 1.80. The van der Waals surface area contributed by atoms with Crippen LogP contribution in [-0.2, 0) is 11.8 Å². The van der Waals surface area contributed by atoms with Crippen LogP contribution in [0.5, 0.6) is 0 Å². The summed E-state index contributed by atoms with van der Waals surface area (Å²) in [6, 6.07) is 1.54. The topological polar surface area (TPSA) is 71.9 Å². The molecule has 118 valence electrons. The number of rotatable bonds is 3. The predicted molar refractivity (Wildman–Crippen MR) is 83.0 cm³/mol. The van der Waals surface area contributed by atoms with Crippen LogP contribution in [0.15, 0.2) is 12.3 Å². The van der Waals surface area contributed by atoms with Crippen molar-refractivity contribution in [3.8, 4) is 0 Å². The number of aromatic amines is 1. The Hall–Kier alpha value is -1.79. The fourth-order valence-electron chi connectivity index (χ4n) is 2.97. The molecule has 3 rings (SSSR count). The van der Waals surface area contributed by atoms with Crippen molar-refractivity contribution in [3.05, 3.63) is 39.9 Å². The van der Waals surface area contributed by atoms with Crippen molar-refractivity contribution in [1.29, 1.82) is 0 Å². The van der Waals surface area contributed by atoms with Gasteiger partial charge in [0.1, 0.15) is 11.8 Å². The summed E-state index contributed by atoms with van der Waals surface area (Å²) in [6.45, 7) is 4.60. The Kier molecular flexibility index (Phi) is 3.97. The van der Waals surface area contributed by atoms with Crippen LogP contribution < -0.4 is 5.32 Å². The van der Waals surface area contributed by atoms with E-state index in [1.165, 1.54) is 0 Å². The van der Waals surface area contributed by atoms with Crippen molar-refractivity contribution in [3.63, 3.8) is 0 Å². The molecule has 0 aromatic carbocycles. The predicted octanol–water partition coefficient (Wildman–Crippen LogP) is 2.28. The van der Waals surface area contributed by atoms with E-state index in [0.717, 1.165) is 23.4 Å². The Bertz CT molecular complexity index is 706. The summed E-state index contributed by atoms with van der Waals surface area (Å²) in [5.41, 5.74) is 3.52. The van der Waals surface area contributed by atoms with Crippen molar-refractivity contribution in [1.82, 2.24) is 20.1 Å². The van der Waals surface area contributed by atoms with E-state index in [9.17, 15) is 4.79 Å². The molecule has 1 fully saturated rings. The van der Waals surface area contributed by atoms with Crippen LogP contribution in [0, 0.1) is 13.8 Å². The first-order valence-electron chi connectivity index (χ1n) is 7.24. The number of hydrogen-bond acceptors (Lipinski definition) is 3. The zero-order valence-electron chi connectivity index (χ0n) is 12.8. The zero-order valence-corrected chi connectivity index (χ0v) is 13.6. The van der Waals surface area contributed by atoms with Gasteiger partial charge in [0, 0.05) is 31.1 Å². The molecular weight excluding hydrogens is 304 g/mol. The van der Waals surface area contributed by atoms with Gasteiger partial charge in [-0.2, -0.15) is 5.10 Å². The van der Waals surface area contributed by atoms with Gasteiger partial charge in [-0.1, -0.05) is 11.6 Å². The average molecular weight is 323 g/mol. The van der Waals surface area contributed by atoms with Crippen LogP contribution in [0.2, 0.25) is 5.02 Å². The van der Waals surface area contributed by atoms with E-state index in [-0.39, 0.29) is 18.1 Å². The molecule has 0 aliphatic carbocycles. The third kappa shape index (κ3) is 2.64. The van der Waals surface area contributed by atoms with Gasteiger partial charge in [0.05, 0.1) is 16.8 Å². The summed E-state index contributed by atoms with van der Waals surface area (Å²) in [7, 11) is 1.91. The molecule has 0 bridgehead atoms. The molecule has 3 heterocycles. The summed E-state index contributed by atoms with van der Waals surface area (Å²) in [5.74, 6) is -0.174. The quantitative estimate of drug-likeness (QED) is 0.910. The SMILES string of the molecule is Cc1nn(C)c(C)c1[C@H]1OCC[C@@H]1NC(=O)c1cc(Cl)c[nH]1. The first kappa shape index (κ1) is 15.1. The first-order chi connectivity index (χ1) is 10.5. The van der Waals surface area contributed by atoms with Crippen LogP contribution in [0.4, 0.5) is 0 Å². The molecule has 0 spiro atoms. The first-order valence-corrected chi connectivity index (χ1v) is 7.61. The number of nitrogens with zero attached hydrogens (tertiary/aromatic N) is 2. The van der Waals surface area contributed by atoms with Gasteiger partial charge in [-0.05, 0) is 26.3 Å². The van der Waals surface area contributed by atoms with Gasteiger partial charge in [-0.3, -0.25) is 9.48 Å². The summed E-state index contributed by atoms with van der Waals surface area (Å²) >= 11 is 5.84. The van der Waals surface area contributed by atoms with E-state index in [4.69, 9.17) is 16.3 Å². The number of halogens is 1. The Morgan fingerprint density at radius 3 is 2.91 bits per heavy atom. The number of H-pyrrole nitrogens is 1. The summed E-state index contributed by atoms with van der Waals surface area (Å²) in [5, 5.41) is 7.98. The van der Waals surface area contributed by atoms with Gasteiger partial charge in [0.2, 0.25) is 0 Å². The molecule has 0 saturated carbocycles. The highest BCUT2D eigenvalue weighted by atomic mass is 35.5. The molecule has 1 amide bonds. The van der Waals surface area contributed by atoms with Crippen molar-refractivity contribution in [2.45, 2.75) is 32.4 Å². The molecule has 22 heavy (non-hydrogen) atoms. The summed E-state index contributed by atoms with van der Waals surface area (Å²) in [4.78, 5) is 15.1. The van der Waals surface area contributed by atoms with Crippen molar-refractivity contribution in [2.24, 2.45) is 7.05 Å². The third-order valence-electron chi connectivity index (χ3n) is 4.15. The minimum Gasteiger partial charge on any atom is -0.371 e. The minimum atomic E-state index is -0.174. The monoisotopic (exact) mass is 322 g/mol. The molecular formula is C15H19ClN4O2.